The monoisotopic (exact) mass is 154 g/mol. The van der Waals surface area contributed by atoms with Gasteiger partial charge in [0.1, 0.15) is 0 Å². The summed E-state index contributed by atoms with van der Waals surface area (Å²) in [5, 5.41) is 0. The van der Waals surface area contributed by atoms with Crippen molar-refractivity contribution < 1.29 is 9.47 Å². The highest BCUT2D eigenvalue weighted by molar-refractivity contribution is 4.92. The van der Waals surface area contributed by atoms with E-state index < -0.39 is 0 Å². The fourth-order valence-corrected chi connectivity index (χ4v) is 1.70. The summed E-state index contributed by atoms with van der Waals surface area (Å²) in [7, 11) is 0. The second kappa shape index (κ2) is 3.37. The molecule has 1 saturated heterocycles. The standard InChI is InChI=1S/C9H14O2/c1-2-6-10-9-5-3-7-11-8(9)4-1/h1-2,8-9H,3-7H2/t8-,9+/m1/s1. The Hall–Kier alpha value is -0.340. The van der Waals surface area contributed by atoms with Gasteiger partial charge in [-0.05, 0) is 19.3 Å². The maximum Gasteiger partial charge on any atom is 0.0871 e. The molecule has 2 heterocycles. The largest absolute Gasteiger partial charge is 0.375 e. The summed E-state index contributed by atoms with van der Waals surface area (Å²) in [5.74, 6) is 0. The van der Waals surface area contributed by atoms with Crippen LogP contribution in [0.15, 0.2) is 12.2 Å². The van der Waals surface area contributed by atoms with E-state index in [4.69, 9.17) is 9.47 Å². The minimum atomic E-state index is 0.336. The fourth-order valence-electron chi connectivity index (χ4n) is 1.70. The third-order valence-corrected chi connectivity index (χ3v) is 2.32. The van der Waals surface area contributed by atoms with Crippen LogP contribution in [0, 0.1) is 0 Å². The lowest BCUT2D eigenvalue weighted by Crippen LogP contribution is -2.35. The molecule has 2 rings (SSSR count). The fraction of sp³-hybridized carbons (Fsp3) is 0.778. The van der Waals surface area contributed by atoms with Crippen molar-refractivity contribution in [3.05, 3.63) is 12.2 Å². The van der Waals surface area contributed by atoms with Crippen molar-refractivity contribution in [2.45, 2.75) is 31.5 Å². The quantitative estimate of drug-likeness (QED) is 0.492. The number of hydrogen-bond donors (Lipinski definition) is 0. The summed E-state index contributed by atoms with van der Waals surface area (Å²) >= 11 is 0. The van der Waals surface area contributed by atoms with E-state index >= 15 is 0 Å². The molecule has 0 aliphatic carbocycles. The zero-order valence-electron chi connectivity index (χ0n) is 6.66. The Kier molecular flexibility index (Phi) is 2.24. The molecule has 0 unspecified atom stereocenters. The molecular weight excluding hydrogens is 140 g/mol. The Bertz CT molecular complexity index is 154. The first-order valence-corrected chi connectivity index (χ1v) is 4.35. The first kappa shape index (κ1) is 7.32. The van der Waals surface area contributed by atoms with Gasteiger partial charge in [-0.25, -0.2) is 0 Å². The third-order valence-electron chi connectivity index (χ3n) is 2.32. The van der Waals surface area contributed by atoms with E-state index in [0.717, 1.165) is 26.1 Å². The molecule has 0 saturated carbocycles. The molecule has 0 N–H and O–H groups in total. The second-order valence-corrected chi connectivity index (χ2v) is 3.13. The van der Waals surface area contributed by atoms with E-state index in [1.165, 1.54) is 6.42 Å². The third kappa shape index (κ3) is 1.63. The predicted molar refractivity (Wildman–Crippen MR) is 42.5 cm³/mol. The summed E-state index contributed by atoms with van der Waals surface area (Å²) < 4.78 is 11.2. The number of hydrogen-bond acceptors (Lipinski definition) is 2. The maximum atomic E-state index is 5.60. The first-order valence-electron chi connectivity index (χ1n) is 4.35. The van der Waals surface area contributed by atoms with Crippen molar-refractivity contribution >= 4 is 0 Å². The van der Waals surface area contributed by atoms with Crippen LogP contribution in [0.5, 0.6) is 0 Å². The van der Waals surface area contributed by atoms with Crippen LogP contribution in [-0.4, -0.2) is 25.4 Å². The van der Waals surface area contributed by atoms with Crippen LogP contribution in [0.3, 0.4) is 0 Å². The Morgan fingerprint density at radius 3 is 3.09 bits per heavy atom. The minimum absolute atomic E-state index is 0.336. The lowest BCUT2D eigenvalue weighted by molar-refractivity contribution is -0.0936. The Morgan fingerprint density at radius 1 is 1.09 bits per heavy atom. The average Bonchev–Trinajstić information content (AvgIpc) is 2.28. The van der Waals surface area contributed by atoms with Gasteiger partial charge in [0.25, 0.3) is 0 Å². The Labute approximate surface area is 67.2 Å². The molecule has 0 aromatic heterocycles. The summed E-state index contributed by atoms with van der Waals surface area (Å²) in [6.07, 6.45) is 8.30. The van der Waals surface area contributed by atoms with Crippen LogP contribution in [0.1, 0.15) is 19.3 Å². The van der Waals surface area contributed by atoms with Gasteiger partial charge in [0, 0.05) is 6.61 Å². The molecule has 2 aliphatic heterocycles. The molecule has 2 nitrogen and oxygen atoms in total. The molecule has 1 fully saturated rings. The van der Waals surface area contributed by atoms with Crippen LogP contribution in [0.4, 0.5) is 0 Å². The zero-order chi connectivity index (χ0) is 7.52. The lowest BCUT2D eigenvalue weighted by Gasteiger charge is -2.29. The van der Waals surface area contributed by atoms with Gasteiger partial charge in [-0.1, -0.05) is 12.2 Å². The van der Waals surface area contributed by atoms with Gasteiger partial charge < -0.3 is 9.47 Å². The van der Waals surface area contributed by atoms with E-state index in [1.807, 2.05) is 0 Å². The van der Waals surface area contributed by atoms with Gasteiger partial charge in [-0.2, -0.15) is 0 Å². The molecule has 11 heavy (non-hydrogen) atoms. The van der Waals surface area contributed by atoms with Crippen molar-refractivity contribution in [2.75, 3.05) is 13.2 Å². The summed E-state index contributed by atoms with van der Waals surface area (Å²) in [5.41, 5.74) is 0. The molecule has 62 valence electrons. The molecule has 0 radical (unpaired) electrons. The summed E-state index contributed by atoms with van der Waals surface area (Å²) in [6, 6.07) is 0. The van der Waals surface area contributed by atoms with Crippen LogP contribution in [-0.2, 0) is 9.47 Å². The molecule has 0 spiro atoms. The first-order chi connectivity index (χ1) is 5.47. The van der Waals surface area contributed by atoms with Gasteiger partial charge in [-0.3, -0.25) is 0 Å². The molecule has 0 amide bonds. The van der Waals surface area contributed by atoms with Gasteiger partial charge in [0.05, 0.1) is 18.8 Å². The van der Waals surface area contributed by atoms with Crippen molar-refractivity contribution in [3.63, 3.8) is 0 Å². The predicted octanol–water partition coefficient (Wildman–Crippen LogP) is 1.51. The molecule has 0 aromatic carbocycles. The second-order valence-electron chi connectivity index (χ2n) is 3.13. The van der Waals surface area contributed by atoms with Crippen LogP contribution in [0.25, 0.3) is 0 Å². The molecule has 2 atom stereocenters. The van der Waals surface area contributed by atoms with E-state index in [1.54, 1.807) is 0 Å². The van der Waals surface area contributed by atoms with Crippen LogP contribution >= 0.6 is 0 Å². The van der Waals surface area contributed by atoms with Crippen LogP contribution < -0.4 is 0 Å². The average molecular weight is 154 g/mol. The summed E-state index contributed by atoms with van der Waals surface area (Å²) in [6.45, 7) is 1.68. The lowest BCUT2D eigenvalue weighted by atomic mass is 10.0. The molecular formula is C9H14O2. The van der Waals surface area contributed by atoms with E-state index in [-0.39, 0.29) is 0 Å². The van der Waals surface area contributed by atoms with Gasteiger partial charge in [-0.15, -0.1) is 0 Å². The van der Waals surface area contributed by atoms with Gasteiger partial charge in [0.15, 0.2) is 0 Å². The summed E-state index contributed by atoms with van der Waals surface area (Å²) in [4.78, 5) is 0. The van der Waals surface area contributed by atoms with Crippen LogP contribution in [0.2, 0.25) is 0 Å². The van der Waals surface area contributed by atoms with Crippen molar-refractivity contribution in [1.29, 1.82) is 0 Å². The Morgan fingerprint density at radius 2 is 2.09 bits per heavy atom. The topological polar surface area (TPSA) is 18.5 Å². The highest BCUT2D eigenvalue weighted by atomic mass is 16.5. The van der Waals surface area contributed by atoms with E-state index in [2.05, 4.69) is 12.2 Å². The van der Waals surface area contributed by atoms with Crippen molar-refractivity contribution in [3.8, 4) is 0 Å². The normalized spacial score (nSPS) is 37.8. The van der Waals surface area contributed by atoms with E-state index in [9.17, 15) is 0 Å². The van der Waals surface area contributed by atoms with Crippen molar-refractivity contribution in [2.24, 2.45) is 0 Å². The van der Waals surface area contributed by atoms with Crippen molar-refractivity contribution in [1.82, 2.24) is 0 Å². The smallest absolute Gasteiger partial charge is 0.0871 e. The number of fused-ring (bicyclic) bond motifs is 1. The maximum absolute atomic E-state index is 5.60. The Balaban J connectivity index is 1.98. The highest BCUT2D eigenvalue weighted by Crippen LogP contribution is 2.21. The minimum Gasteiger partial charge on any atom is -0.375 e. The molecule has 0 bridgehead atoms. The molecule has 2 aliphatic rings. The zero-order valence-corrected chi connectivity index (χ0v) is 6.66. The molecule has 0 aromatic rings. The van der Waals surface area contributed by atoms with Gasteiger partial charge in [0.2, 0.25) is 0 Å². The molecule has 2 heteroatoms. The van der Waals surface area contributed by atoms with Gasteiger partial charge >= 0.3 is 0 Å². The highest BCUT2D eigenvalue weighted by Gasteiger charge is 2.26. The number of ether oxygens (including phenoxy) is 2. The SMILES string of the molecule is C1=CC[C@H]2OCCC[C@@H]2OC1. The number of rotatable bonds is 0. The van der Waals surface area contributed by atoms with E-state index in [0.29, 0.717) is 12.2 Å².